The molecule has 1 heterocycles. The van der Waals surface area contributed by atoms with E-state index in [1.807, 2.05) is 18.2 Å². The van der Waals surface area contributed by atoms with E-state index in [2.05, 4.69) is 27.3 Å². The highest BCUT2D eigenvalue weighted by Crippen LogP contribution is 2.23. The molecule has 2 rings (SSSR count). The SMILES string of the molecule is NCCCC[C@H](CC(=O)[C@@H]1CCCN1CCc1ccccc1)C(=O)N[C@@H](CCCN=C(N)N)C(N)=O. The lowest BCUT2D eigenvalue weighted by Gasteiger charge is -2.26. The summed E-state index contributed by atoms with van der Waals surface area (Å²) in [5, 5.41) is 2.76. The van der Waals surface area contributed by atoms with Gasteiger partial charge in [-0.3, -0.25) is 24.3 Å². The molecule has 0 radical (unpaired) electrons. The molecular weight excluding hydrogens is 458 g/mol. The average molecular weight is 502 g/mol. The molecule has 1 aromatic carbocycles. The summed E-state index contributed by atoms with van der Waals surface area (Å²) in [6.45, 7) is 2.55. The van der Waals surface area contributed by atoms with Gasteiger partial charge in [0.2, 0.25) is 11.8 Å². The number of nitrogens with zero attached hydrogens (tertiary/aromatic N) is 2. The molecule has 1 fully saturated rings. The molecule has 0 unspecified atom stereocenters. The summed E-state index contributed by atoms with van der Waals surface area (Å²) in [4.78, 5) is 44.6. The van der Waals surface area contributed by atoms with E-state index in [9.17, 15) is 14.4 Å². The van der Waals surface area contributed by atoms with Crippen molar-refractivity contribution in [3.8, 4) is 0 Å². The largest absolute Gasteiger partial charge is 0.370 e. The van der Waals surface area contributed by atoms with Gasteiger partial charge in [-0.05, 0) is 63.6 Å². The van der Waals surface area contributed by atoms with Crippen LogP contribution in [0.2, 0.25) is 0 Å². The lowest BCUT2D eigenvalue weighted by Crippen LogP contribution is -2.47. The van der Waals surface area contributed by atoms with Gasteiger partial charge in [0.1, 0.15) is 6.04 Å². The highest BCUT2D eigenvalue weighted by Gasteiger charge is 2.33. The molecular formula is C26H43N7O3. The second kappa shape index (κ2) is 15.9. The van der Waals surface area contributed by atoms with Crippen molar-refractivity contribution < 1.29 is 14.4 Å². The fourth-order valence-corrected chi connectivity index (χ4v) is 4.69. The fourth-order valence-electron chi connectivity index (χ4n) is 4.69. The van der Waals surface area contributed by atoms with Crippen LogP contribution in [0.3, 0.4) is 0 Å². The molecule has 0 aromatic heterocycles. The fraction of sp³-hybridized carbons (Fsp3) is 0.615. The van der Waals surface area contributed by atoms with Crippen LogP contribution in [0.5, 0.6) is 0 Å². The Hall–Kier alpha value is -2.98. The monoisotopic (exact) mass is 501 g/mol. The van der Waals surface area contributed by atoms with Crippen molar-refractivity contribution in [3.05, 3.63) is 35.9 Å². The summed E-state index contributed by atoms with van der Waals surface area (Å²) in [5.41, 5.74) is 23.1. The highest BCUT2D eigenvalue weighted by atomic mass is 16.2. The number of benzene rings is 1. The first kappa shape index (κ1) is 29.3. The molecule has 0 bridgehead atoms. The van der Waals surface area contributed by atoms with Gasteiger partial charge in [0.25, 0.3) is 0 Å². The number of hydrogen-bond donors (Lipinski definition) is 5. The third-order valence-corrected chi connectivity index (χ3v) is 6.70. The summed E-state index contributed by atoms with van der Waals surface area (Å²) in [6, 6.07) is 9.21. The number of carbonyl (C=O) groups excluding carboxylic acids is 3. The van der Waals surface area contributed by atoms with Gasteiger partial charge in [-0.25, -0.2) is 0 Å². The minimum Gasteiger partial charge on any atom is -0.370 e. The number of nitrogens with two attached hydrogens (primary N) is 4. The molecule has 1 aromatic rings. The molecule has 1 saturated heterocycles. The van der Waals surface area contributed by atoms with E-state index in [-0.39, 0.29) is 30.1 Å². The molecule has 10 heteroatoms. The van der Waals surface area contributed by atoms with Crippen LogP contribution < -0.4 is 28.3 Å². The van der Waals surface area contributed by atoms with Crippen molar-refractivity contribution in [3.63, 3.8) is 0 Å². The number of rotatable bonds is 17. The number of amides is 2. The van der Waals surface area contributed by atoms with E-state index < -0.39 is 17.9 Å². The number of ketones is 1. The average Bonchev–Trinajstić information content (AvgIpc) is 3.33. The van der Waals surface area contributed by atoms with Crippen LogP contribution >= 0.6 is 0 Å². The van der Waals surface area contributed by atoms with Crippen molar-refractivity contribution in [1.82, 2.24) is 10.2 Å². The molecule has 2 amide bonds. The molecule has 10 nitrogen and oxygen atoms in total. The number of primary amides is 1. The van der Waals surface area contributed by atoms with Crippen LogP contribution in [0.15, 0.2) is 35.3 Å². The molecule has 1 aliphatic rings. The third kappa shape index (κ3) is 10.3. The Morgan fingerprint density at radius 3 is 2.47 bits per heavy atom. The summed E-state index contributed by atoms with van der Waals surface area (Å²) in [5.74, 6) is -1.42. The van der Waals surface area contributed by atoms with Gasteiger partial charge in [0.05, 0.1) is 6.04 Å². The molecule has 9 N–H and O–H groups in total. The Labute approximate surface area is 214 Å². The number of aliphatic imine (C=N–C) groups is 1. The second-order valence-corrected chi connectivity index (χ2v) is 9.49. The van der Waals surface area contributed by atoms with Gasteiger partial charge >= 0.3 is 0 Å². The molecule has 0 spiro atoms. The van der Waals surface area contributed by atoms with Crippen LogP contribution in [-0.2, 0) is 20.8 Å². The lowest BCUT2D eigenvalue weighted by molar-refractivity contribution is -0.133. The van der Waals surface area contributed by atoms with E-state index in [0.29, 0.717) is 32.4 Å². The summed E-state index contributed by atoms with van der Waals surface area (Å²) < 4.78 is 0. The predicted molar refractivity (Wildman–Crippen MR) is 142 cm³/mol. The summed E-state index contributed by atoms with van der Waals surface area (Å²) >= 11 is 0. The van der Waals surface area contributed by atoms with Crippen LogP contribution in [0.4, 0.5) is 0 Å². The zero-order chi connectivity index (χ0) is 26.3. The topological polar surface area (TPSA) is 183 Å². The minimum atomic E-state index is -0.840. The summed E-state index contributed by atoms with van der Waals surface area (Å²) in [6.07, 6.45) is 5.63. The van der Waals surface area contributed by atoms with Crippen LogP contribution in [0.1, 0.15) is 56.9 Å². The van der Waals surface area contributed by atoms with Gasteiger partial charge < -0.3 is 28.3 Å². The van der Waals surface area contributed by atoms with E-state index in [1.54, 1.807) is 0 Å². The van der Waals surface area contributed by atoms with Crippen LogP contribution in [0.25, 0.3) is 0 Å². The standard InChI is InChI=1S/C26H43N7O3/c27-14-5-4-10-20(25(36)32-21(24(28)35)11-6-15-31-26(29)30)18-23(34)22-12-7-16-33(22)17-13-19-8-2-1-3-9-19/h1-3,8-9,20-22H,4-7,10-18,27H2,(H2,28,35)(H,32,36)(H4,29,30,31)/t20-,21+,22+/m1/s1. The van der Waals surface area contributed by atoms with Crippen molar-refractivity contribution in [2.24, 2.45) is 33.8 Å². The number of carbonyl (C=O) groups is 3. The van der Waals surface area contributed by atoms with Gasteiger partial charge in [-0.2, -0.15) is 0 Å². The zero-order valence-corrected chi connectivity index (χ0v) is 21.2. The summed E-state index contributed by atoms with van der Waals surface area (Å²) in [7, 11) is 0. The normalized spacial score (nSPS) is 17.3. The van der Waals surface area contributed by atoms with Crippen LogP contribution in [-0.4, -0.2) is 66.7 Å². The number of unbranched alkanes of at least 4 members (excludes halogenated alkanes) is 1. The highest BCUT2D eigenvalue weighted by molar-refractivity contribution is 5.92. The predicted octanol–water partition coefficient (Wildman–Crippen LogP) is 0.422. The maximum atomic E-state index is 13.3. The second-order valence-electron chi connectivity index (χ2n) is 9.49. The number of guanidine groups is 1. The van der Waals surface area contributed by atoms with Gasteiger partial charge in [-0.15, -0.1) is 0 Å². The van der Waals surface area contributed by atoms with Crippen molar-refractivity contribution in [2.75, 3.05) is 26.2 Å². The first-order chi connectivity index (χ1) is 17.3. The zero-order valence-electron chi connectivity index (χ0n) is 21.2. The molecule has 0 aliphatic carbocycles. The maximum Gasteiger partial charge on any atom is 0.240 e. The quantitative estimate of drug-likeness (QED) is 0.116. The Bertz CT molecular complexity index is 858. The van der Waals surface area contributed by atoms with E-state index in [1.165, 1.54) is 5.56 Å². The van der Waals surface area contributed by atoms with E-state index >= 15 is 0 Å². The smallest absolute Gasteiger partial charge is 0.240 e. The van der Waals surface area contributed by atoms with Gasteiger partial charge in [0, 0.05) is 25.4 Å². The lowest BCUT2D eigenvalue weighted by atomic mass is 9.91. The van der Waals surface area contributed by atoms with Crippen molar-refractivity contribution >= 4 is 23.6 Å². The molecule has 0 saturated carbocycles. The minimum absolute atomic E-state index is 0.0298. The Morgan fingerprint density at radius 2 is 1.81 bits per heavy atom. The number of nitrogens with one attached hydrogen (secondary N) is 1. The maximum absolute atomic E-state index is 13.3. The van der Waals surface area contributed by atoms with Crippen molar-refractivity contribution in [1.29, 1.82) is 0 Å². The Morgan fingerprint density at radius 1 is 1.06 bits per heavy atom. The third-order valence-electron chi connectivity index (χ3n) is 6.70. The first-order valence-electron chi connectivity index (χ1n) is 13.0. The van der Waals surface area contributed by atoms with E-state index in [0.717, 1.165) is 45.2 Å². The van der Waals surface area contributed by atoms with Gasteiger partial charge in [-0.1, -0.05) is 36.8 Å². The molecule has 200 valence electrons. The first-order valence-corrected chi connectivity index (χ1v) is 13.0. The number of likely N-dealkylation sites (tertiary alicyclic amines) is 1. The van der Waals surface area contributed by atoms with E-state index in [4.69, 9.17) is 22.9 Å². The Balaban J connectivity index is 1.98. The number of hydrogen-bond acceptors (Lipinski definition) is 6. The van der Waals surface area contributed by atoms with Crippen molar-refractivity contribution in [2.45, 2.75) is 69.9 Å². The molecule has 1 aliphatic heterocycles. The Kier molecular flexibility index (Phi) is 12.9. The molecule has 36 heavy (non-hydrogen) atoms. The van der Waals surface area contributed by atoms with Gasteiger partial charge in [0.15, 0.2) is 11.7 Å². The number of Topliss-reactive ketones (excluding diaryl/α,β-unsaturated/α-hetero) is 1. The van der Waals surface area contributed by atoms with Crippen LogP contribution in [0, 0.1) is 5.92 Å². The molecule has 3 atom stereocenters.